The Labute approximate surface area is 139 Å². The lowest BCUT2D eigenvalue weighted by molar-refractivity contribution is -0.141. The molecule has 0 spiro atoms. The van der Waals surface area contributed by atoms with E-state index >= 15 is 0 Å². The largest absolute Gasteiger partial charge is 0.480 e. The van der Waals surface area contributed by atoms with Crippen LogP contribution in [0.1, 0.15) is 34.6 Å². The number of nitrogens with one attached hydrogen (secondary N) is 4. The Kier molecular flexibility index (Phi) is 8.43. The number of amides is 4. The predicted octanol–water partition coefficient (Wildman–Crippen LogP) is -1.89. The zero-order valence-electron chi connectivity index (χ0n) is 14.3. The zero-order valence-corrected chi connectivity index (χ0v) is 14.3. The molecule has 4 atom stereocenters. The van der Waals surface area contributed by atoms with Crippen LogP contribution in [0.4, 0.5) is 0 Å². The molecule has 4 unspecified atom stereocenters. The average Bonchev–Trinajstić information content (AvgIpc) is 2.45. The molecule has 0 aromatic rings. The topological polar surface area (TPSA) is 154 Å². The van der Waals surface area contributed by atoms with E-state index in [4.69, 9.17) is 5.11 Å². The van der Waals surface area contributed by atoms with Gasteiger partial charge >= 0.3 is 5.97 Å². The van der Waals surface area contributed by atoms with Crippen molar-refractivity contribution < 1.29 is 29.1 Å². The third-order valence-electron chi connectivity index (χ3n) is 3.05. The summed E-state index contributed by atoms with van der Waals surface area (Å²) in [7, 11) is 0. The Morgan fingerprint density at radius 3 is 1.21 bits per heavy atom. The second-order valence-corrected chi connectivity index (χ2v) is 5.45. The number of carboxylic acids is 1. The molecule has 0 aliphatic rings. The summed E-state index contributed by atoms with van der Waals surface area (Å²) in [5.74, 6) is -3.42. The van der Waals surface area contributed by atoms with Crippen LogP contribution in [0.25, 0.3) is 0 Å². The zero-order chi connectivity index (χ0) is 19.0. The summed E-state index contributed by atoms with van der Waals surface area (Å²) in [5.41, 5.74) is 0. The second-order valence-electron chi connectivity index (χ2n) is 5.45. The van der Waals surface area contributed by atoms with Gasteiger partial charge in [0.2, 0.25) is 23.6 Å². The van der Waals surface area contributed by atoms with E-state index in [0.29, 0.717) is 0 Å². The Bertz CT molecular complexity index is 521. The van der Waals surface area contributed by atoms with E-state index in [1.54, 1.807) is 0 Å². The molecule has 0 aromatic heterocycles. The predicted molar refractivity (Wildman–Crippen MR) is 83.7 cm³/mol. The van der Waals surface area contributed by atoms with E-state index in [9.17, 15) is 24.0 Å². The van der Waals surface area contributed by atoms with E-state index in [0.717, 1.165) is 0 Å². The molecule has 0 rings (SSSR count). The highest BCUT2D eigenvalue weighted by atomic mass is 16.4. The fourth-order valence-electron chi connectivity index (χ4n) is 1.58. The minimum absolute atomic E-state index is 0.382. The van der Waals surface area contributed by atoms with Crippen molar-refractivity contribution in [3.63, 3.8) is 0 Å². The summed E-state index contributed by atoms with van der Waals surface area (Å²) in [5, 5.41) is 18.1. The number of carbonyl (C=O) groups excluding carboxylic acids is 4. The van der Waals surface area contributed by atoms with Crippen LogP contribution in [-0.2, 0) is 24.0 Å². The number of hydrogen-bond donors (Lipinski definition) is 5. The Balaban J connectivity index is 4.48. The molecule has 0 saturated carbocycles. The third kappa shape index (κ3) is 7.56. The summed E-state index contributed by atoms with van der Waals surface area (Å²) in [6, 6.07) is -3.82. The molecule has 24 heavy (non-hydrogen) atoms. The molecule has 10 heteroatoms. The van der Waals surface area contributed by atoms with Crippen LogP contribution in [0.15, 0.2) is 0 Å². The van der Waals surface area contributed by atoms with Gasteiger partial charge in [-0.25, -0.2) is 0 Å². The lowest BCUT2D eigenvalue weighted by Gasteiger charge is -2.20. The van der Waals surface area contributed by atoms with Gasteiger partial charge in [0.1, 0.15) is 24.2 Å². The molecular formula is C14H24N4O6. The monoisotopic (exact) mass is 344 g/mol. The van der Waals surface area contributed by atoms with Crippen LogP contribution in [0.5, 0.6) is 0 Å². The van der Waals surface area contributed by atoms with Crippen molar-refractivity contribution in [2.24, 2.45) is 0 Å². The van der Waals surface area contributed by atoms with Gasteiger partial charge in [-0.1, -0.05) is 0 Å². The fourth-order valence-corrected chi connectivity index (χ4v) is 1.58. The van der Waals surface area contributed by atoms with Gasteiger partial charge in [0, 0.05) is 6.92 Å². The van der Waals surface area contributed by atoms with Crippen molar-refractivity contribution in [3.8, 4) is 0 Å². The molecule has 0 radical (unpaired) electrons. The molecule has 10 nitrogen and oxygen atoms in total. The first kappa shape index (κ1) is 21.4. The van der Waals surface area contributed by atoms with Crippen LogP contribution >= 0.6 is 0 Å². The molecule has 0 fully saturated rings. The maximum Gasteiger partial charge on any atom is 0.325 e. The molecule has 136 valence electrons. The van der Waals surface area contributed by atoms with Gasteiger partial charge in [0.15, 0.2) is 0 Å². The Morgan fingerprint density at radius 1 is 0.625 bits per heavy atom. The van der Waals surface area contributed by atoms with E-state index in [1.807, 2.05) is 0 Å². The van der Waals surface area contributed by atoms with Gasteiger partial charge in [-0.2, -0.15) is 0 Å². The maximum atomic E-state index is 11.9. The van der Waals surface area contributed by atoms with Crippen LogP contribution in [0, 0.1) is 0 Å². The highest BCUT2D eigenvalue weighted by molar-refractivity contribution is 5.94. The van der Waals surface area contributed by atoms with Crippen molar-refractivity contribution in [2.75, 3.05) is 0 Å². The molecule has 4 amide bonds. The molecule has 5 N–H and O–H groups in total. The van der Waals surface area contributed by atoms with Crippen molar-refractivity contribution in [3.05, 3.63) is 0 Å². The normalized spacial score (nSPS) is 15.2. The van der Waals surface area contributed by atoms with Crippen molar-refractivity contribution in [2.45, 2.75) is 58.8 Å². The van der Waals surface area contributed by atoms with E-state index < -0.39 is 47.9 Å². The highest BCUT2D eigenvalue weighted by Gasteiger charge is 2.24. The van der Waals surface area contributed by atoms with Crippen molar-refractivity contribution >= 4 is 29.6 Å². The van der Waals surface area contributed by atoms with Gasteiger partial charge in [-0.15, -0.1) is 0 Å². The van der Waals surface area contributed by atoms with Crippen molar-refractivity contribution in [1.29, 1.82) is 0 Å². The fraction of sp³-hybridized carbons (Fsp3) is 0.643. The lowest BCUT2D eigenvalue weighted by atomic mass is 10.2. The highest BCUT2D eigenvalue weighted by Crippen LogP contribution is 1.92. The van der Waals surface area contributed by atoms with Crippen LogP contribution in [0.3, 0.4) is 0 Å². The van der Waals surface area contributed by atoms with Crippen LogP contribution in [0.2, 0.25) is 0 Å². The summed E-state index contributed by atoms with van der Waals surface area (Å²) in [4.78, 5) is 57.0. The van der Waals surface area contributed by atoms with Crippen LogP contribution in [-0.4, -0.2) is 58.9 Å². The first-order valence-corrected chi connectivity index (χ1v) is 7.36. The number of hydrogen-bond acceptors (Lipinski definition) is 5. The average molecular weight is 344 g/mol. The van der Waals surface area contributed by atoms with Gasteiger partial charge in [0.05, 0.1) is 0 Å². The summed E-state index contributed by atoms with van der Waals surface area (Å²) in [6.07, 6.45) is 0. The van der Waals surface area contributed by atoms with Gasteiger partial charge < -0.3 is 26.4 Å². The van der Waals surface area contributed by atoms with Crippen LogP contribution < -0.4 is 21.3 Å². The third-order valence-corrected chi connectivity index (χ3v) is 3.05. The molecule has 0 saturated heterocycles. The molecule has 0 bridgehead atoms. The number of rotatable bonds is 8. The van der Waals surface area contributed by atoms with E-state index in [-0.39, 0.29) is 5.91 Å². The second kappa shape index (κ2) is 9.48. The summed E-state index contributed by atoms with van der Waals surface area (Å²) in [6.45, 7) is 6.82. The SMILES string of the molecule is CC(=O)NC(C)C(=O)NC(C)C(=O)NC(C)C(=O)NC(C)C(=O)O. The quantitative estimate of drug-likeness (QED) is 0.347. The molecule has 0 aliphatic carbocycles. The Morgan fingerprint density at radius 2 is 0.917 bits per heavy atom. The standard InChI is InChI=1S/C14H24N4O6/c1-6(15-10(5)19)11(20)16-7(2)12(21)17-8(3)13(22)18-9(4)14(23)24/h6-9H,1-5H3,(H,15,19)(H,16,20)(H,17,21)(H,18,22)(H,23,24). The summed E-state index contributed by atoms with van der Waals surface area (Å²) >= 11 is 0. The van der Waals surface area contributed by atoms with E-state index in [2.05, 4.69) is 21.3 Å². The first-order chi connectivity index (χ1) is 11.0. The number of carboxylic acid groups (broad SMARTS) is 1. The Hall–Kier alpha value is -2.65. The maximum absolute atomic E-state index is 11.9. The molecular weight excluding hydrogens is 320 g/mol. The molecule has 0 aromatic carbocycles. The molecule has 0 heterocycles. The summed E-state index contributed by atoms with van der Waals surface area (Å²) < 4.78 is 0. The first-order valence-electron chi connectivity index (χ1n) is 7.36. The molecule has 0 aliphatic heterocycles. The van der Waals surface area contributed by atoms with Crippen molar-refractivity contribution in [1.82, 2.24) is 21.3 Å². The number of carbonyl (C=O) groups is 5. The smallest absolute Gasteiger partial charge is 0.325 e. The minimum Gasteiger partial charge on any atom is -0.480 e. The van der Waals surface area contributed by atoms with Gasteiger partial charge in [-0.3, -0.25) is 24.0 Å². The minimum atomic E-state index is -1.20. The number of aliphatic carboxylic acids is 1. The lowest BCUT2D eigenvalue weighted by Crippen LogP contribution is -2.55. The van der Waals surface area contributed by atoms with Gasteiger partial charge in [-0.05, 0) is 27.7 Å². The van der Waals surface area contributed by atoms with Gasteiger partial charge in [0.25, 0.3) is 0 Å². The van der Waals surface area contributed by atoms with E-state index in [1.165, 1.54) is 34.6 Å².